The number of likely N-dealkylation sites (tertiary alicyclic amines) is 1. The number of likely N-dealkylation sites (N-methyl/N-ethyl adjacent to an activating group) is 2. The van der Waals surface area contributed by atoms with Gasteiger partial charge in [0.2, 0.25) is 11.8 Å². The summed E-state index contributed by atoms with van der Waals surface area (Å²) >= 11 is 4.54. The highest BCUT2D eigenvalue weighted by atomic mass is 32.2. The smallest absolute Gasteiger partial charge is 0.246 e. The average Bonchev–Trinajstić information content (AvgIpc) is 3.69. The Bertz CT molecular complexity index is 1340. The van der Waals surface area contributed by atoms with Crippen molar-refractivity contribution < 1.29 is 23.5 Å². The molecule has 11 nitrogen and oxygen atoms in total. The van der Waals surface area contributed by atoms with Gasteiger partial charge in [-0.25, -0.2) is 9.37 Å². The molecule has 1 aliphatic rings. The minimum absolute atomic E-state index is 0.0113. The van der Waals surface area contributed by atoms with Crippen LogP contribution in [0.3, 0.4) is 0 Å². The summed E-state index contributed by atoms with van der Waals surface area (Å²) in [6.45, 7) is 6.53. The minimum atomic E-state index is -0.401. The maximum absolute atomic E-state index is 15.3. The van der Waals surface area contributed by atoms with E-state index in [0.29, 0.717) is 55.6 Å². The van der Waals surface area contributed by atoms with Gasteiger partial charge >= 0.3 is 0 Å². The van der Waals surface area contributed by atoms with Gasteiger partial charge < -0.3 is 39.5 Å². The number of amides is 2. The molecule has 15 heteroatoms. The fourth-order valence-corrected chi connectivity index (χ4v) is 7.42. The monoisotopic (exact) mass is 681 g/mol. The van der Waals surface area contributed by atoms with E-state index in [1.54, 1.807) is 23.3 Å². The fourth-order valence-electron chi connectivity index (χ4n) is 4.70. The van der Waals surface area contributed by atoms with Crippen molar-refractivity contribution in [3.05, 3.63) is 35.5 Å². The van der Waals surface area contributed by atoms with Crippen LogP contribution in [-0.2, 0) is 19.1 Å². The van der Waals surface area contributed by atoms with Crippen LogP contribution in [0.1, 0.15) is 12.8 Å². The van der Waals surface area contributed by atoms with Gasteiger partial charge in [-0.15, -0.1) is 11.3 Å². The summed E-state index contributed by atoms with van der Waals surface area (Å²) in [6.07, 6.45) is 1.42. The van der Waals surface area contributed by atoms with Crippen LogP contribution in [0.15, 0.2) is 33.9 Å². The Morgan fingerprint density at radius 1 is 1.13 bits per heavy atom. The number of hydrogen-bond acceptors (Lipinski definition) is 12. The highest BCUT2D eigenvalue weighted by Crippen LogP contribution is 2.37. The number of thiazole rings is 1. The third-order valence-electron chi connectivity index (χ3n) is 7.21. The normalized spacial score (nSPS) is 14.3. The van der Waals surface area contributed by atoms with Crippen molar-refractivity contribution in [2.24, 2.45) is 5.92 Å². The van der Waals surface area contributed by atoms with E-state index in [2.05, 4.69) is 41.1 Å². The SMILES string of the molecule is CNCCOCCOCC(=O)NCCN1CCC(C(=O)Nc2nc3c(F)cc(N(CCN(C)C)Sc4cccs4)cc3s2)CC1. The molecule has 0 aliphatic carbocycles. The lowest BCUT2D eigenvalue weighted by molar-refractivity contribution is -0.126. The molecule has 1 saturated heterocycles. The molecule has 4 rings (SSSR count). The molecule has 0 unspecified atom stereocenters. The summed E-state index contributed by atoms with van der Waals surface area (Å²) in [5.41, 5.74) is 1.04. The Balaban J connectivity index is 1.21. The molecule has 3 N–H and O–H groups in total. The second kappa shape index (κ2) is 18.7. The number of benzene rings is 1. The van der Waals surface area contributed by atoms with Gasteiger partial charge in [-0.3, -0.25) is 9.59 Å². The van der Waals surface area contributed by atoms with E-state index in [0.717, 1.165) is 42.6 Å². The van der Waals surface area contributed by atoms with Gasteiger partial charge in [0, 0.05) is 44.7 Å². The van der Waals surface area contributed by atoms with Gasteiger partial charge in [-0.05, 0) is 76.5 Å². The number of ether oxygens (including phenoxy) is 2. The molecule has 248 valence electrons. The number of carbonyl (C=O) groups is 2. The van der Waals surface area contributed by atoms with Crippen LogP contribution in [0, 0.1) is 11.7 Å². The fraction of sp³-hybridized carbons (Fsp3) is 0.567. The zero-order chi connectivity index (χ0) is 32.0. The first-order valence-corrected chi connectivity index (χ1v) is 17.6. The van der Waals surface area contributed by atoms with E-state index in [4.69, 9.17) is 9.47 Å². The van der Waals surface area contributed by atoms with Gasteiger partial charge in [0.25, 0.3) is 0 Å². The zero-order valence-electron chi connectivity index (χ0n) is 26.2. The lowest BCUT2D eigenvalue weighted by Gasteiger charge is -2.31. The summed E-state index contributed by atoms with van der Waals surface area (Å²) < 4.78 is 29.9. The van der Waals surface area contributed by atoms with E-state index in [1.165, 1.54) is 17.4 Å². The van der Waals surface area contributed by atoms with Crippen LogP contribution in [0.5, 0.6) is 0 Å². The zero-order valence-corrected chi connectivity index (χ0v) is 28.6. The molecular weight excluding hydrogens is 638 g/mol. The third-order valence-corrected chi connectivity index (χ3v) is 10.2. The molecule has 2 aromatic heterocycles. The molecule has 0 atom stereocenters. The van der Waals surface area contributed by atoms with Crippen molar-refractivity contribution in [2.75, 3.05) is 103 Å². The van der Waals surface area contributed by atoms with E-state index in [-0.39, 0.29) is 29.9 Å². The molecule has 0 spiro atoms. The molecule has 45 heavy (non-hydrogen) atoms. The Hall–Kier alpha value is -2.37. The molecule has 1 aliphatic heterocycles. The number of halogens is 1. The largest absolute Gasteiger partial charge is 0.378 e. The van der Waals surface area contributed by atoms with Crippen LogP contribution in [0.25, 0.3) is 10.2 Å². The molecule has 3 aromatic rings. The number of anilines is 2. The Morgan fingerprint density at radius 2 is 1.93 bits per heavy atom. The van der Waals surface area contributed by atoms with Crippen LogP contribution in [0.4, 0.5) is 15.2 Å². The van der Waals surface area contributed by atoms with Gasteiger partial charge in [0.05, 0.1) is 34.4 Å². The first-order valence-electron chi connectivity index (χ1n) is 15.2. The first-order chi connectivity index (χ1) is 21.8. The number of thiophene rings is 1. The maximum atomic E-state index is 15.3. The lowest BCUT2D eigenvalue weighted by atomic mass is 9.96. The molecular formula is C30H44FN7O4S3. The Kier molecular flexibility index (Phi) is 14.7. The van der Waals surface area contributed by atoms with E-state index in [1.807, 2.05) is 38.7 Å². The van der Waals surface area contributed by atoms with Crippen molar-refractivity contribution in [3.63, 3.8) is 0 Å². The van der Waals surface area contributed by atoms with Crippen molar-refractivity contribution in [2.45, 2.75) is 17.1 Å². The number of carbonyl (C=O) groups excluding carboxylic acids is 2. The summed E-state index contributed by atoms with van der Waals surface area (Å²) in [4.78, 5) is 33.8. The second-order valence-electron chi connectivity index (χ2n) is 10.9. The van der Waals surface area contributed by atoms with Crippen LogP contribution in [0.2, 0.25) is 0 Å². The highest BCUT2D eigenvalue weighted by Gasteiger charge is 2.26. The van der Waals surface area contributed by atoms with E-state index < -0.39 is 5.82 Å². The van der Waals surface area contributed by atoms with Gasteiger partial charge in [0.1, 0.15) is 12.1 Å². The molecule has 1 aromatic carbocycles. The molecule has 2 amide bonds. The number of rotatable bonds is 19. The summed E-state index contributed by atoms with van der Waals surface area (Å²) in [5.74, 6) is -0.783. The molecule has 0 bridgehead atoms. The second-order valence-corrected chi connectivity index (χ2v) is 14.2. The number of piperidine rings is 1. The maximum Gasteiger partial charge on any atom is 0.246 e. The average molecular weight is 682 g/mol. The summed E-state index contributed by atoms with van der Waals surface area (Å²) in [7, 11) is 5.90. The highest BCUT2D eigenvalue weighted by molar-refractivity contribution is 8.02. The standard InChI is InChI=1S/C30H44FN7O4S3/c1-32-9-15-41-16-17-42-21-26(39)33-8-12-37-10-6-22(7-11-37)29(40)35-30-34-28-24(31)19-23(20-25(28)44-30)38(14-13-36(2)3)45-27-5-4-18-43-27/h4-5,18-20,22,32H,6-17,21H2,1-3H3,(H,33,39)(H,34,35,40). The molecule has 3 heterocycles. The first kappa shape index (κ1) is 35.5. The molecule has 1 fully saturated rings. The molecule has 0 saturated carbocycles. The number of nitrogens with one attached hydrogen (secondary N) is 3. The van der Waals surface area contributed by atoms with Crippen molar-refractivity contribution >= 4 is 67.5 Å². The Labute approximate surface area is 277 Å². The van der Waals surface area contributed by atoms with E-state index in [9.17, 15) is 9.59 Å². The lowest BCUT2D eigenvalue weighted by Crippen LogP contribution is -2.42. The Morgan fingerprint density at radius 3 is 2.67 bits per heavy atom. The van der Waals surface area contributed by atoms with Crippen molar-refractivity contribution in [3.8, 4) is 0 Å². The third kappa shape index (κ3) is 11.7. The minimum Gasteiger partial charge on any atom is -0.378 e. The number of fused-ring (bicyclic) bond motifs is 1. The quantitative estimate of drug-likeness (QED) is 0.128. The predicted octanol–water partition coefficient (Wildman–Crippen LogP) is 3.59. The number of aromatic nitrogens is 1. The van der Waals surface area contributed by atoms with Gasteiger partial charge in [0.15, 0.2) is 10.9 Å². The van der Waals surface area contributed by atoms with Crippen LogP contribution >= 0.6 is 34.6 Å². The van der Waals surface area contributed by atoms with Gasteiger partial charge in [-0.1, -0.05) is 17.4 Å². The number of hydrogen-bond donors (Lipinski definition) is 3. The summed E-state index contributed by atoms with van der Waals surface area (Å²) in [6, 6.07) is 7.54. The van der Waals surface area contributed by atoms with Crippen molar-refractivity contribution in [1.29, 1.82) is 0 Å². The summed E-state index contributed by atoms with van der Waals surface area (Å²) in [5, 5.41) is 11.3. The van der Waals surface area contributed by atoms with Gasteiger partial charge in [-0.2, -0.15) is 0 Å². The topological polar surface area (TPSA) is 111 Å². The van der Waals surface area contributed by atoms with E-state index >= 15 is 4.39 Å². The number of nitrogens with zero attached hydrogens (tertiary/aromatic N) is 4. The van der Waals surface area contributed by atoms with Crippen LogP contribution < -0.4 is 20.3 Å². The molecule has 0 radical (unpaired) electrons. The predicted molar refractivity (Wildman–Crippen MR) is 182 cm³/mol. The van der Waals surface area contributed by atoms with Crippen LogP contribution in [-0.4, -0.2) is 120 Å². The van der Waals surface area contributed by atoms with Crippen molar-refractivity contribution in [1.82, 2.24) is 25.4 Å².